The van der Waals surface area contributed by atoms with Crippen molar-refractivity contribution in [3.05, 3.63) is 0 Å². The minimum Gasteiger partial charge on any atom is -0.424 e. The molecule has 0 heterocycles. The molecule has 0 spiro atoms. The van der Waals surface area contributed by atoms with E-state index in [1.165, 1.54) is 25.7 Å². The van der Waals surface area contributed by atoms with Crippen molar-refractivity contribution < 1.29 is 4.43 Å². The molecular formula is C9H20N2OSSi. The Bertz CT molecular complexity index is 192. The molecular weight excluding hydrogens is 212 g/mol. The van der Waals surface area contributed by atoms with Crippen molar-refractivity contribution in [3.63, 3.8) is 0 Å². The lowest BCUT2D eigenvalue weighted by Crippen LogP contribution is -2.41. The zero-order chi connectivity index (χ0) is 10.4. The molecule has 0 aromatic carbocycles. The van der Waals surface area contributed by atoms with Crippen molar-refractivity contribution >= 4 is 27.1 Å². The average Bonchev–Trinajstić information content (AvgIpc) is 2.14. The molecule has 1 saturated carbocycles. The Labute approximate surface area is 93.7 Å². The van der Waals surface area contributed by atoms with Crippen molar-refractivity contribution in [1.29, 1.82) is 0 Å². The van der Waals surface area contributed by atoms with Crippen LogP contribution in [0.3, 0.4) is 0 Å². The lowest BCUT2D eigenvalue weighted by atomic mass is 9.95. The molecule has 0 aliphatic heterocycles. The van der Waals surface area contributed by atoms with Gasteiger partial charge >= 0.3 is 0 Å². The van der Waals surface area contributed by atoms with Gasteiger partial charge in [0.1, 0.15) is 0 Å². The fourth-order valence-electron chi connectivity index (χ4n) is 2.06. The Kier molecular flexibility index (Phi) is 5.43. The number of nitrogens with one attached hydrogen (secondary N) is 1. The summed E-state index contributed by atoms with van der Waals surface area (Å²) in [5, 5.41) is 3.60. The van der Waals surface area contributed by atoms with Gasteiger partial charge in [-0.3, -0.25) is 0 Å². The highest BCUT2D eigenvalue weighted by molar-refractivity contribution is 7.80. The molecule has 5 heteroatoms. The molecule has 1 fully saturated rings. The van der Waals surface area contributed by atoms with Crippen LogP contribution in [0.25, 0.3) is 0 Å². The van der Waals surface area contributed by atoms with E-state index in [4.69, 9.17) is 22.4 Å². The minimum absolute atomic E-state index is 0.324. The molecule has 2 unspecified atom stereocenters. The van der Waals surface area contributed by atoms with Crippen molar-refractivity contribution in [2.45, 2.75) is 44.2 Å². The Hall–Kier alpha value is -0.133. The molecule has 14 heavy (non-hydrogen) atoms. The van der Waals surface area contributed by atoms with Gasteiger partial charge in [-0.05, 0) is 37.5 Å². The summed E-state index contributed by atoms with van der Waals surface area (Å²) in [4.78, 5) is 0. The molecule has 82 valence electrons. The van der Waals surface area contributed by atoms with Crippen molar-refractivity contribution in [2.24, 2.45) is 5.73 Å². The Morgan fingerprint density at radius 2 is 2.43 bits per heavy atom. The molecule has 0 aromatic heterocycles. The van der Waals surface area contributed by atoms with Crippen molar-refractivity contribution in [2.75, 3.05) is 6.61 Å². The highest BCUT2D eigenvalue weighted by atomic mass is 32.1. The molecule has 0 saturated heterocycles. The smallest absolute Gasteiger partial charge is 0.164 e. The summed E-state index contributed by atoms with van der Waals surface area (Å²) in [6.45, 7) is 2.94. The SMILES string of the molecule is CCO[SiH2]C1CCCC(NC(N)=S)C1. The van der Waals surface area contributed by atoms with Gasteiger partial charge in [0.15, 0.2) is 14.9 Å². The van der Waals surface area contributed by atoms with Crippen LogP contribution in [-0.2, 0) is 4.43 Å². The quantitative estimate of drug-likeness (QED) is 0.552. The molecule has 0 radical (unpaired) electrons. The predicted octanol–water partition coefficient (Wildman–Crippen LogP) is 0.671. The third kappa shape index (κ3) is 4.39. The van der Waals surface area contributed by atoms with Gasteiger partial charge in [-0.25, -0.2) is 0 Å². The van der Waals surface area contributed by atoms with Gasteiger partial charge in [-0.2, -0.15) is 0 Å². The van der Waals surface area contributed by atoms with Crippen molar-refractivity contribution in [3.8, 4) is 0 Å². The first-order chi connectivity index (χ1) is 6.72. The largest absolute Gasteiger partial charge is 0.424 e. The van der Waals surface area contributed by atoms with E-state index in [1.807, 2.05) is 0 Å². The first kappa shape index (κ1) is 11.9. The third-order valence-electron chi connectivity index (χ3n) is 2.69. The van der Waals surface area contributed by atoms with Gasteiger partial charge < -0.3 is 15.5 Å². The van der Waals surface area contributed by atoms with E-state index in [-0.39, 0.29) is 9.76 Å². The number of hydrogen-bond donors (Lipinski definition) is 2. The van der Waals surface area contributed by atoms with Gasteiger partial charge in [0.05, 0.1) is 0 Å². The summed E-state index contributed by atoms with van der Waals surface area (Å²) in [5.74, 6) is 0. The molecule has 0 bridgehead atoms. The topological polar surface area (TPSA) is 47.3 Å². The number of nitrogens with two attached hydrogens (primary N) is 1. The number of rotatable bonds is 4. The highest BCUT2D eigenvalue weighted by Crippen LogP contribution is 2.28. The Balaban J connectivity index is 2.24. The second-order valence-electron chi connectivity index (χ2n) is 3.90. The number of hydrogen-bond acceptors (Lipinski definition) is 2. The van der Waals surface area contributed by atoms with Crippen LogP contribution in [0.15, 0.2) is 0 Å². The van der Waals surface area contributed by atoms with Crippen LogP contribution in [0.5, 0.6) is 0 Å². The Morgan fingerprint density at radius 1 is 1.64 bits per heavy atom. The van der Waals surface area contributed by atoms with Crippen LogP contribution in [-0.4, -0.2) is 27.5 Å². The second-order valence-corrected chi connectivity index (χ2v) is 6.23. The third-order valence-corrected chi connectivity index (χ3v) is 4.66. The fourth-order valence-corrected chi connectivity index (χ4v) is 3.79. The average molecular weight is 232 g/mol. The molecule has 1 rings (SSSR count). The van der Waals surface area contributed by atoms with E-state index in [1.54, 1.807) is 0 Å². The highest BCUT2D eigenvalue weighted by Gasteiger charge is 2.22. The molecule has 0 aromatic rings. The van der Waals surface area contributed by atoms with E-state index in [2.05, 4.69) is 12.2 Å². The van der Waals surface area contributed by atoms with Gasteiger partial charge in [-0.1, -0.05) is 12.8 Å². The lowest BCUT2D eigenvalue weighted by molar-refractivity contribution is 0.328. The normalized spacial score (nSPS) is 28.1. The maximum absolute atomic E-state index is 5.57. The second kappa shape index (κ2) is 6.37. The summed E-state index contributed by atoms with van der Waals surface area (Å²) < 4.78 is 5.57. The van der Waals surface area contributed by atoms with E-state index in [9.17, 15) is 0 Å². The van der Waals surface area contributed by atoms with Gasteiger partial charge in [0, 0.05) is 12.6 Å². The van der Waals surface area contributed by atoms with Gasteiger partial charge in [0.25, 0.3) is 0 Å². The van der Waals surface area contributed by atoms with E-state index in [0.717, 1.165) is 12.1 Å². The maximum Gasteiger partial charge on any atom is 0.164 e. The van der Waals surface area contributed by atoms with Crippen LogP contribution in [0.1, 0.15) is 32.6 Å². The standard InChI is InChI=1S/C9H20N2OSSi/c1-2-12-14-8-5-3-4-7(6-8)11-9(10)13/h7-8H,2-6,14H2,1H3,(H3,10,11,13). The minimum atomic E-state index is -0.324. The zero-order valence-electron chi connectivity index (χ0n) is 8.79. The summed E-state index contributed by atoms with van der Waals surface area (Å²) in [6, 6.07) is 0.499. The van der Waals surface area contributed by atoms with Crippen LogP contribution < -0.4 is 11.1 Å². The monoisotopic (exact) mass is 232 g/mol. The lowest BCUT2D eigenvalue weighted by Gasteiger charge is -2.29. The molecule has 1 aliphatic carbocycles. The van der Waals surface area contributed by atoms with Crippen LogP contribution in [0, 0.1) is 0 Å². The molecule has 1 aliphatic rings. The van der Waals surface area contributed by atoms with Crippen molar-refractivity contribution in [1.82, 2.24) is 5.32 Å². The summed E-state index contributed by atoms with van der Waals surface area (Å²) in [5.41, 5.74) is 6.28. The van der Waals surface area contributed by atoms with E-state index in [0.29, 0.717) is 11.2 Å². The molecule has 3 N–H and O–H groups in total. The van der Waals surface area contributed by atoms with Crippen LogP contribution in [0.2, 0.25) is 5.54 Å². The molecule has 2 atom stereocenters. The van der Waals surface area contributed by atoms with E-state index < -0.39 is 0 Å². The van der Waals surface area contributed by atoms with Crippen LogP contribution >= 0.6 is 12.2 Å². The summed E-state index contributed by atoms with van der Waals surface area (Å²) >= 11 is 4.85. The maximum atomic E-state index is 5.57. The first-order valence-electron chi connectivity index (χ1n) is 5.36. The number of thiocarbonyl (C=S) groups is 1. The van der Waals surface area contributed by atoms with Gasteiger partial charge in [0.2, 0.25) is 0 Å². The summed E-state index contributed by atoms with van der Waals surface area (Å²) in [6.07, 6.45) is 5.02. The Morgan fingerprint density at radius 3 is 3.07 bits per heavy atom. The molecule has 0 amide bonds. The van der Waals surface area contributed by atoms with Gasteiger partial charge in [-0.15, -0.1) is 0 Å². The molecule has 3 nitrogen and oxygen atoms in total. The first-order valence-corrected chi connectivity index (χ1v) is 7.16. The predicted molar refractivity (Wildman–Crippen MR) is 66.1 cm³/mol. The zero-order valence-corrected chi connectivity index (χ0v) is 11.0. The fraction of sp³-hybridized carbons (Fsp3) is 0.889. The van der Waals surface area contributed by atoms with Crippen LogP contribution in [0.4, 0.5) is 0 Å². The van der Waals surface area contributed by atoms with E-state index >= 15 is 0 Å². The summed E-state index contributed by atoms with van der Waals surface area (Å²) in [7, 11) is -0.324.